The number of benzene rings is 1. The van der Waals surface area contributed by atoms with Crippen LogP contribution in [0.4, 0.5) is 11.5 Å². The van der Waals surface area contributed by atoms with Crippen LogP contribution >= 0.6 is 0 Å². The molecule has 0 radical (unpaired) electrons. The van der Waals surface area contributed by atoms with Crippen LogP contribution in [0.5, 0.6) is 5.75 Å². The summed E-state index contributed by atoms with van der Waals surface area (Å²) in [7, 11) is 3.40. The molecule has 1 atom stereocenters. The average molecular weight is 382 g/mol. The Bertz CT molecular complexity index is 982. The zero-order valence-corrected chi connectivity index (χ0v) is 16.6. The highest BCUT2D eigenvalue weighted by atomic mass is 16.5. The largest absolute Gasteiger partial charge is 0.496 e. The summed E-state index contributed by atoms with van der Waals surface area (Å²) in [4.78, 5) is 16.7. The Balaban J connectivity index is 1.91. The number of hydrogen-bond acceptors (Lipinski definition) is 6. The van der Waals surface area contributed by atoms with Crippen molar-refractivity contribution in [3.8, 4) is 17.0 Å². The van der Waals surface area contributed by atoms with Crippen molar-refractivity contribution >= 4 is 23.1 Å². The lowest BCUT2D eigenvalue weighted by atomic mass is 10.0. The maximum Gasteiger partial charge on any atom is 0.241 e. The first kappa shape index (κ1) is 19.6. The van der Waals surface area contributed by atoms with Gasteiger partial charge in [0.1, 0.15) is 11.6 Å². The van der Waals surface area contributed by atoms with E-state index in [1.807, 2.05) is 45.2 Å². The fourth-order valence-electron chi connectivity index (χ4n) is 3.02. The second-order valence-corrected chi connectivity index (χ2v) is 7.02. The van der Waals surface area contributed by atoms with Gasteiger partial charge >= 0.3 is 0 Å². The van der Waals surface area contributed by atoms with Crippen LogP contribution in [0, 0.1) is 5.92 Å². The second kappa shape index (κ2) is 8.26. The van der Waals surface area contributed by atoms with Crippen LogP contribution in [0.25, 0.3) is 16.9 Å². The molecule has 0 aliphatic rings. The molecule has 0 fully saturated rings. The molecule has 28 heavy (non-hydrogen) atoms. The van der Waals surface area contributed by atoms with Gasteiger partial charge in [0.05, 0.1) is 25.0 Å². The second-order valence-electron chi connectivity index (χ2n) is 7.02. The van der Waals surface area contributed by atoms with Crippen LogP contribution in [0.3, 0.4) is 0 Å². The molecule has 0 saturated carbocycles. The molecule has 2 aromatic heterocycles. The number of carbonyl (C=O) groups is 1. The van der Waals surface area contributed by atoms with E-state index in [9.17, 15) is 4.79 Å². The lowest BCUT2D eigenvalue weighted by Gasteiger charge is -2.15. The molecule has 3 rings (SSSR count). The van der Waals surface area contributed by atoms with Crippen LogP contribution < -0.4 is 21.1 Å². The van der Waals surface area contributed by atoms with Crippen molar-refractivity contribution in [3.05, 3.63) is 36.5 Å². The highest BCUT2D eigenvalue weighted by Gasteiger charge is 2.17. The molecular formula is C20H26N6O2. The highest BCUT2D eigenvalue weighted by molar-refractivity contribution is 5.95. The molecule has 0 aliphatic carbocycles. The minimum Gasteiger partial charge on any atom is -0.496 e. The summed E-state index contributed by atoms with van der Waals surface area (Å²) in [5.74, 6) is 1.48. The fraction of sp³-hybridized carbons (Fsp3) is 0.350. The summed E-state index contributed by atoms with van der Waals surface area (Å²) in [5, 5.41) is 10.4. The number of amides is 1. The van der Waals surface area contributed by atoms with Gasteiger partial charge in [-0.3, -0.25) is 4.79 Å². The summed E-state index contributed by atoms with van der Waals surface area (Å²) in [5.41, 5.74) is 8.93. The van der Waals surface area contributed by atoms with Crippen LogP contribution in [-0.2, 0) is 4.79 Å². The lowest BCUT2D eigenvalue weighted by molar-refractivity contribution is -0.117. The molecule has 0 bridgehead atoms. The molecule has 1 unspecified atom stereocenters. The van der Waals surface area contributed by atoms with Crippen LogP contribution in [0.15, 0.2) is 36.5 Å². The predicted molar refractivity (Wildman–Crippen MR) is 111 cm³/mol. The number of hydrogen-bond donors (Lipinski definition) is 3. The molecule has 0 saturated heterocycles. The van der Waals surface area contributed by atoms with E-state index in [0.717, 1.165) is 22.7 Å². The van der Waals surface area contributed by atoms with E-state index < -0.39 is 6.04 Å². The van der Waals surface area contributed by atoms with Crippen molar-refractivity contribution in [2.45, 2.75) is 26.3 Å². The summed E-state index contributed by atoms with van der Waals surface area (Å²) in [6, 6.07) is 8.67. The normalized spacial score (nSPS) is 12.2. The Morgan fingerprint density at radius 3 is 2.75 bits per heavy atom. The topological polar surface area (TPSA) is 107 Å². The Morgan fingerprint density at radius 2 is 2.07 bits per heavy atom. The van der Waals surface area contributed by atoms with Crippen molar-refractivity contribution in [1.82, 2.24) is 14.6 Å². The van der Waals surface area contributed by atoms with Gasteiger partial charge in [0.25, 0.3) is 0 Å². The molecule has 1 aromatic carbocycles. The third-order valence-corrected chi connectivity index (χ3v) is 4.43. The standard InChI is InChI=1S/C20H26N6O2/c1-12(2)9-15(21)20(27)24-13-5-6-14(17(10-13)28-4)16-11-23-19-8-7-18(22-3)25-26(16)19/h5-8,10-12,15H,9,21H2,1-4H3,(H,22,25)(H,24,27). The number of anilines is 2. The number of ether oxygens (including phenoxy) is 1. The van der Waals surface area contributed by atoms with Gasteiger partial charge in [-0.2, -0.15) is 0 Å². The number of nitrogens with two attached hydrogens (primary N) is 1. The third kappa shape index (κ3) is 4.07. The van der Waals surface area contributed by atoms with Gasteiger partial charge < -0.3 is 21.1 Å². The molecule has 8 heteroatoms. The molecule has 1 amide bonds. The van der Waals surface area contributed by atoms with E-state index >= 15 is 0 Å². The van der Waals surface area contributed by atoms with Crippen molar-refractivity contribution in [2.75, 3.05) is 24.8 Å². The van der Waals surface area contributed by atoms with Crippen LogP contribution in [-0.4, -0.2) is 40.7 Å². The zero-order valence-electron chi connectivity index (χ0n) is 16.6. The van der Waals surface area contributed by atoms with Gasteiger partial charge in [0.15, 0.2) is 5.65 Å². The number of imidazole rings is 1. The smallest absolute Gasteiger partial charge is 0.241 e. The molecule has 8 nitrogen and oxygen atoms in total. The van der Waals surface area contributed by atoms with E-state index in [1.54, 1.807) is 23.9 Å². The lowest BCUT2D eigenvalue weighted by Crippen LogP contribution is -2.36. The van der Waals surface area contributed by atoms with Gasteiger partial charge in [-0.05, 0) is 36.6 Å². The summed E-state index contributed by atoms with van der Waals surface area (Å²) in [6.07, 6.45) is 2.37. The predicted octanol–water partition coefficient (Wildman–Crippen LogP) is 2.76. The Hall–Kier alpha value is -3.13. The Morgan fingerprint density at radius 1 is 1.29 bits per heavy atom. The van der Waals surface area contributed by atoms with Crippen LogP contribution in [0.1, 0.15) is 20.3 Å². The van der Waals surface area contributed by atoms with Crippen LogP contribution in [0.2, 0.25) is 0 Å². The van der Waals surface area contributed by atoms with Gasteiger partial charge in [0, 0.05) is 24.4 Å². The molecular weight excluding hydrogens is 356 g/mol. The number of rotatable bonds is 7. The number of carbonyl (C=O) groups excluding carboxylic acids is 1. The Labute approximate surface area is 164 Å². The molecule has 0 aliphatic heterocycles. The van der Waals surface area contributed by atoms with E-state index in [1.165, 1.54) is 0 Å². The quantitative estimate of drug-likeness (QED) is 0.580. The maximum absolute atomic E-state index is 12.3. The average Bonchev–Trinajstić information content (AvgIpc) is 3.10. The summed E-state index contributed by atoms with van der Waals surface area (Å²) in [6.45, 7) is 4.07. The van der Waals surface area contributed by atoms with E-state index in [-0.39, 0.29) is 5.91 Å². The van der Waals surface area contributed by atoms with Crippen molar-refractivity contribution in [2.24, 2.45) is 11.7 Å². The number of aromatic nitrogens is 3. The highest BCUT2D eigenvalue weighted by Crippen LogP contribution is 2.33. The summed E-state index contributed by atoms with van der Waals surface area (Å²) >= 11 is 0. The minimum atomic E-state index is -0.548. The van der Waals surface area contributed by atoms with Gasteiger partial charge in [-0.25, -0.2) is 9.50 Å². The molecule has 148 valence electrons. The first-order chi connectivity index (χ1) is 13.4. The zero-order chi connectivity index (χ0) is 20.3. The number of nitrogens with zero attached hydrogens (tertiary/aromatic N) is 3. The molecule has 0 spiro atoms. The van der Waals surface area contributed by atoms with E-state index in [4.69, 9.17) is 10.5 Å². The maximum atomic E-state index is 12.3. The number of nitrogens with one attached hydrogen (secondary N) is 2. The first-order valence-electron chi connectivity index (χ1n) is 9.20. The SMILES string of the molecule is CNc1ccc2ncc(-c3ccc(NC(=O)C(N)CC(C)C)cc3OC)n2n1. The number of fused-ring (bicyclic) bond motifs is 1. The van der Waals surface area contributed by atoms with Gasteiger partial charge in [0.2, 0.25) is 5.91 Å². The van der Waals surface area contributed by atoms with Gasteiger partial charge in [-0.1, -0.05) is 13.8 Å². The Kier molecular flexibility index (Phi) is 5.79. The van der Waals surface area contributed by atoms with E-state index in [0.29, 0.717) is 23.8 Å². The fourth-order valence-corrected chi connectivity index (χ4v) is 3.02. The molecule has 3 aromatic rings. The van der Waals surface area contributed by atoms with Crippen molar-refractivity contribution in [1.29, 1.82) is 0 Å². The monoisotopic (exact) mass is 382 g/mol. The third-order valence-electron chi connectivity index (χ3n) is 4.43. The molecule has 4 N–H and O–H groups in total. The molecule has 2 heterocycles. The summed E-state index contributed by atoms with van der Waals surface area (Å²) < 4.78 is 7.31. The van der Waals surface area contributed by atoms with Gasteiger partial charge in [-0.15, -0.1) is 5.10 Å². The number of methoxy groups -OCH3 is 1. The first-order valence-corrected chi connectivity index (χ1v) is 9.20. The van der Waals surface area contributed by atoms with Crippen molar-refractivity contribution < 1.29 is 9.53 Å². The van der Waals surface area contributed by atoms with E-state index in [2.05, 4.69) is 20.7 Å². The van der Waals surface area contributed by atoms with Crippen molar-refractivity contribution in [3.63, 3.8) is 0 Å². The minimum absolute atomic E-state index is 0.210.